The molecule has 1 rings (SSSR count). The highest BCUT2D eigenvalue weighted by Crippen LogP contribution is 2.22. The molecule has 1 N–H and O–H groups in total. The molecule has 0 saturated carbocycles. The number of nitrogens with one attached hydrogen (secondary N) is 1. The summed E-state index contributed by atoms with van der Waals surface area (Å²) in [6.45, 7) is 4.43. The van der Waals surface area contributed by atoms with E-state index in [1.54, 1.807) is 0 Å². The van der Waals surface area contributed by atoms with Crippen molar-refractivity contribution in [1.29, 1.82) is 0 Å². The van der Waals surface area contributed by atoms with E-state index in [9.17, 15) is 0 Å². The number of rotatable bonds is 7. The second kappa shape index (κ2) is 8.10. The summed E-state index contributed by atoms with van der Waals surface area (Å²) in [6.07, 6.45) is 4.68. The zero-order valence-corrected chi connectivity index (χ0v) is 12.1. The fraction of sp³-hybridized carbons (Fsp3) is 0.538. The normalized spacial score (nSPS) is 10.7. The minimum atomic E-state index is 0.871. The Morgan fingerprint density at radius 3 is 2.75 bits per heavy atom. The predicted molar refractivity (Wildman–Crippen MR) is 75.3 cm³/mol. The monoisotopic (exact) mass is 303 g/mol. The standard InChI is InChI=1S/C13H19BrClN/c1-2-8-16-9-4-3-5-11-6-7-12(14)10-13(11)15/h6-7,10,16H,2-5,8-9H2,1H3. The van der Waals surface area contributed by atoms with E-state index in [4.69, 9.17) is 11.6 Å². The van der Waals surface area contributed by atoms with E-state index in [0.717, 1.165) is 29.0 Å². The van der Waals surface area contributed by atoms with Crippen molar-refractivity contribution in [3.63, 3.8) is 0 Å². The molecule has 0 aliphatic rings. The molecule has 0 spiro atoms. The van der Waals surface area contributed by atoms with Gasteiger partial charge >= 0.3 is 0 Å². The molecular formula is C13H19BrClN. The quantitative estimate of drug-likeness (QED) is 0.735. The Hall–Kier alpha value is -0.0500. The Kier molecular flexibility index (Phi) is 7.10. The SMILES string of the molecule is CCCNCCCCc1ccc(Br)cc1Cl. The first-order valence-corrected chi connectivity index (χ1v) is 7.05. The molecule has 0 atom stereocenters. The summed E-state index contributed by atoms with van der Waals surface area (Å²) >= 11 is 9.56. The molecule has 1 aromatic carbocycles. The molecule has 0 aliphatic carbocycles. The lowest BCUT2D eigenvalue weighted by Crippen LogP contribution is -2.15. The van der Waals surface area contributed by atoms with Crippen LogP contribution in [0.1, 0.15) is 31.7 Å². The molecular weight excluding hydrogens is 286 g/mol. The number of hydrogen-bond donors (Lipinski definition) is 1. The van der Waals surface area contributed by atoms with Gasteiger partial charge in [0.05, 0.1) is 0 Å². The summed E-state index contributed by atoms with van der Waals surface area (Å²) in [5.41, 5.74) is 1.25. The summed E-state index contributed by atoms with van der Waals surface area (Å²) in [5.74, 6) is 0. The molecule has 90 valence electrons. The largest absolute Gasteiger partial charge is 0.317 e. The van der Waals surface area contributed by atoms with E-state index < -0.39 is 0 Å². The zero-order valence-electron chi connectivity index (χ0n) is 9.73. The third-order valence-corrected chi connectivity index (χ3v) is 3.34. The van der Waals surface area contributed by atoms with Gasteiger partial charge in [-0.2, -0.15) is 0 Å². The van der Waals surface area contributed by atoms with E-state index >= 15 is 0 Å². The lowest BCUT2D eigenvalue weighted by molar-refractivity contribution is 0.617. The maximum Gasteiger partial charge on any atom is 0.0449 e. The van der Waals surface area contributed by atoms with E-state index in [-0.39, 0.29) is 0 Å². The van der Waals surface area contributed by atoms with Crippen molar-refractivity contribution in [3.8, 4) is 0 Å². The van der Waals surface area contributed by atoms with Gasteiger partial charge in [-0.05, 0) is 56.5 Å². The first-order valence-electron chi connectivity index (χ1n) is 5.88. The van der Waals surface area contributed by atoms with E-state index in [1.807, 2.05) is 6.07 Å². The smallest absolute Gasteiger partial charge is 0.0449 e. The Morgan fingerprint density at radius 2 is 2.06 bits per heavy atom. The van der Waals surface area contributed by atoms with Gasteiger partial charge < -0.3 is 5.32 Å². The van der Waals surface area contributed by atoms with Gasteiger partial charge in [-0.3, -0.25) is 0 Å². The summed E-state index contributed by atoms with van der Waals surface area (Å²) < 4.78 is 1.05. The highest BCUT2D eigenvalue weighted by atomic mass is 79.9. The molecule has 0 unspecified atom stereocenters. The average Bonchev–Trinajstić information content (AvgIpc) is 2.26. The molecule has 0 aliphatic heterocycles. The van der Waals surface area contributed by atoms with Gasteiger partial charge in [-0.1, -0.05) is 40.5 Å². The van der Waals surface area contributed by atoms with Crippen molar-refractivity contribution < 1.29 is 0 Å². The van der Waals surface area contributed by atoms with E-state index in [1.165, 1.54) is 24.8 Å². The van der Waals surface area contributed by atoms with Gasteiger partial charge in [0.25, 0.3) is 0 Å². The molecule has 0 aromatic heterocycles. The minimum Gasteiger partial charge on any atom is -0.317 e. The lowest BCUT2D eigenvalue weighted by Gasteiger charge is -2.05. The third kappa shape index (κ3) is 5.33. The van der Waals surface area contributed by atoms with E-state index in [0.29, 0.717) is 0 Å². The van der Waals surface area contributed by atoms with Crippen LogP contribution >= 0.6 is 27.5 Å². The summed E-state index contributed by atoms with van der Waals surface area (Å²) in [7, 11) is 0. The Morgan fingerprint density at radius 1 is 1.25 bits per heavy atom. The molecule has 3 heteroatoms. The summed E-state index contributed by atoms with van der Waals surface area (Å²) in [4.78, 5) is 0. The van der Waals surface area contributed by atoms with Crippen LogP contribution in [0.5, 0.6) is 0 Å². The van der Waals surface area contributed by atoms with Gasteiger partial charge in [0, 0.05) is 9.50 Å². The van der Waals surface area contributed by atoms with Crippen molar-refractivity contribution in [3.05, 3.63) is 33.3 Å². The number of halogens is 2. The molecule has 1 nitrogen and oxygen atoms in total. The summed E-state index contributed by atoms with van der Waals surface area (Å²) in [6, 6.07) is 6.12. The number of benzene rings is 1. The second-order valence-electron chi connectivity index (χ2n) is 3.94. The minimum absolute atomic E-state index is 0.871. The maximum atomic E-state index is 6.15. The Balaban J connectivity index is 2.21. The molecule has 1 aromatic rings. The number of hydrogen-bond acceptors (Lipinski definition) is 1. The van der Waals surface area contributed by atoms with Crippen LogP contribution in [0.3, 0.4) is 0 Å². The molecule has 16 heavy (non-hydrogen) atoms. The van der Waals surface area contributed by atoms with Gasteiger partial charge in [0.15, 0.2) is 0 Å². The topological polar surface area (TPSA) is 12.0 Å². The number of aryl methyl sites for hydroxylation is 1. The second-order valence-corrected chi connectivity index (χ2v) is 5.27. The third-order valence-electron chi connectivity index (χ3n) is 2.49. The Labute approximate surface area is 112 Å². The van der Waals surface area contributed by atoms with Gasteiger partial charge in [-0.15, -0.1) is 0 Å². The highest BCUT2D eigenvalue weighted by molar-refractivity contribution is 9.10. The zero-order chi connectivity index (χ0) is 11.8. The van der Waals surface area contributed by atoms with Crippen LogP contribution in [0.4, 0.5) is 0 Å². The Bertz CT molecular complexity index is 315. The highest BCUT2D eigenvalue weighted by Gasteiger charge is 2.00. The fourth-order valence-electron chi connectivity index (χ4n) is 1.59. The number of unbranched alkanes of at least 4 members (excludes halogenated alkanes) is 1. The summed E-state index contributed by atoms with van der Waals surface area (Å²) in [5, 5.41) is 4.28. The molecule has 0 fully saturated rings. The molecule has 0 saturated heterocycles. The van der Waals surface area contributed by atoms with Crippen LogP contribution in [0, 0.1) is 0 Å². The molecule has 0 amide bonds. The van der Waals surface area contributed by atoms with Gasteiger partial charge in [0.2, 0.25) is 0 Å². The maximum absolute atomic E-state index is 6.15. The van der Waals surface area contributed by atoms with Crippen LogP contribution < -0.4 is 5.32 Å². The van der Waals surface area contributed by atoms with Crippen molar-refractivity contribution >= 4 is 27.5 Å². The van der Waals surface area contributed by atoms with Crippen LogP contribution in [0.15, 0.2) is 22.7 Å². The van der Waals surface area contributed by atoms with Gasteiger partial charge in [-0.25, -0.2) is 0 Å². The van der Waals surface area contributed by atoms with Crippen molar-refractivity contribution in [1.82, 2.24) is 5.32 Å². The molecule has 0 bridgehead atoms. The van der Waals surface area contributed by atoms with Crippen LogP contribution in [-0.4, -0.2) is 13.1 Å². The average molecular weight is 305 g/mol. The lowest BCUT2D eigenvalue weighted by atomic mass is 10.1. The predicted octanol–water partition coefficient (Wildman–Crippen LogP) is 4.42. The van der Waals surface area contributed by atoms with Crippen LogP contribution in [0.25, 0.3) is 0 Å². The molecule has 0 heterocycles. The van der Waals surface area contributed by atoms with Crippen LogP contribution in [-0.2, 0) is 6.42 Å². The first-order chi connectivity index (χ1) is 7.74. The first kappa shape index (κ1) is 14.0. The fourth-order valence-corrected chi connectivity index (χ4v) is 2.36. The van der Waals surface area contributed by atoms with Gasteiger partial charge in [0.1, 0.15) is 0 Å². The van der Waals surface area contributed by atoms with Crippen LogP contribution in [0.2, 0.25) is 5.02 Å². The van der Waals surface area contributed by atoms with E-state index in [2.05, 4.69) is 40.3 Å². The molecule has 0 radical (unpaired) electrons. The van der Waals surface area contributed by atoms with Crippen molar-refractivity contribution in [2.45, 2.75) is 32.6 Å². The van der Waals surface area contributed by atoms with Crippen molar-refractivity contribution in [2.24, 2.45) is 0 Å². The van der Waals surface area contributed by atoms with Crippen molar-refractivity contribution in [2.75, 3.05) is 13.1 Å².